The van der Waals surface area contributed by atoms with E-state index in [1.54, 1.807) is 43.5 Å². The van der Waals surface area contributed by atoms with Gasteiger partial charge in [0.25, 0.3) is 5.56 Å². The highest BCUT2D eigenvalue weighted by Gasteiger charge is 2.16. The third-order valence-electron chi connectivity index (χ3n) is 4.41. The summed E-state index contributed by atoms with van der Waals surface area (Å²) in [6, 6.07) is 12.4. The number of hydrogen-bond acceptors (Lipinski definition) is 6. The summed E-state index contributed by atoms with van der Waals surface area (Å²) in [5.41, 5.74) is 0.961. The molecule has 7 nitrogen and oxygen atoms in total. The monoisotopic (exact) mass is 427 g/mol. The second-order valence-corrected chi connectivity index (χ2v) is 8.02. The molecule has 0 atom stereocenters. The SMILES string of the molecule is COc1ccc(-n2c(SCC(=O)NCC(C)C)nc3ccccc3c2=O)cc1OC. The van der Waals surface area contributed by atoms with E-state index in [0.29, 0.717) is 45.7 Å². The summed E-state index contributed by atoms with van der Waals surface area (Å²) in [5.74, 6) is 1.48. The first-order valence-electron chi connectivity index (χ1n) is 9.58. The van der Waals surface area contributed by atoms with Crippen LogP contribution in [-0.2, 0) is 4.79 Å². The van der Waals surface area contributed by atoms with Crippen molar-refractivity contribution in [2.75, 3.05) is 26.5 Å². The smallest absolute Gasteiger partial charge is 0.266 e. The number of carbonyl (C=O) groups is 1. The van der Waals surface area contributed by atoms with Crippen molar-refractivity contribution in [1.82, 2.24) is 14.9 Å². The fourth-order valence-corrected chi connectivity index (χ4v) is 3.74. The highest BCUT2D eigenvalue weighted by molar-refractivity contribution is 7.99. The van der Waals surface area contributed by atoms with Crippen LogP contribution in [0, 0.1) is 5.92 Å². The number of benzene rings is 2. The van der Waals surface area contributed by atoms with Crippen molar-refractivity contribution in [3.8, 4) is 17.2 Å². The van der Waals surface area contributed by atoms with Crippen LogP contribution >= 0.6 is 11.8 Å². The summed E-state index contributed by atoms with van der Waals surface area (Å²) >= 11 is 1.22. The Hall–Kier alpha value is -3.00. The van der Waals surface area contributed by atoms with Gasteiger partial charge in [0.1, 0.15) is 0 Å². The predicted octanol–water partition coefficient (Wildman–Crippen LogP) is 3.27. The van der Waals surface area contributed by atoms with Gasteiger partial charge in [-0.25, -0.2) is 4.98 Å². The Balaban J connectivity index is 2.05. The topological polar surface area (TPSA) is 82.5 Å². The normalized spacial score (nSPS) is 11.0. The van der Waals surface area contributed by atoms with Gasteiger partial charge in [-0.2, -0.15) is 0 Å². The van der Waals surface area contributed by atoms with Crippen LogP contribution < -0.4 is 20.3 Å². The summed E-state index contributed by atoms with van der Waals surface area (Å²) in [6.45, 7) is 4.67. The Bertz CT molecular complexity index is 1110. The van der Waals surface area contributed by atoms with Crippen molar-refractivity contribution in [1.29, 1.82) is 0 Å². The van der Waals surface area contributed by atoms with Crippen LogP contribution in [0.2, 0.25) is 0 Å². The zero-order valence-corrected chi connectivity index (χ0v) is 18.3. The number of ether oxygens (including phenoxy) is 2. The van der Waals surface area contributed by atoms with Gasteiger partial charge in [0.2, 0.25) is 5.91 Å². The van der Waals surface area contributed by atoms with Gasteiger partial charge >= 0.3 is 0 Å². The number of nitrogens with zero attached hydrogens (tertiary/aromatic N) is 2. The molecule has 0 aliphatic carbocycles. The van der Waals surface area contributed by atoms with E-state index in [0.717, 1.165) is 0 Å². The molecule has 0 radical (unpaired) electrons. The number of methoxy groups -OCH3 is 2. The molecule has 3 aromatic rings. The maximum atomic E-state index is 13.3. The van der Waals surface area contributed by atoms with Gasteiger partial charge in [-0.1, -0.05) is 37.7 Å². The molecule has 0 spiro atoms. The number of hydrogen-bond donors (Lipinski definition) is 1. The number of rotatable bonds is 8. The molecule has 1 aromatic heterocycles. The van der Waals surface area contributed by atoms with Gasteiger partial charge in [0.05, 0.1) is 36.6 Å². The van der Waals surface area contributed by atoms with Crippen LogP contribution in [-0.4, -0.2) is 42.0 Å². The molecule has 0 aliphatic heterocycles. The Kier molecular flexibility index (Phi) is 6.99. The van der Waals surface area contributed by atoms with Crippen LogP contribution in [0.25, 0.3) is 16.6 Å². The van der Waals surface area contributed by atoms with Gasteiger partial charge in [-0.05, 0) is 30.2 Å². The lowest BCUT2D eigenvalue weighted by Gasteiger charge is -2.15. The van der Waals surface area contributed by atoms with Crippen molar-refractivity contribution >= 4 is 28.6 Å². The first kappa shape index (κ1) is 21.7. The van der Waals surface area contributed by atoms with E-state index in [1.165, 1.54) is 23.4 Å². The van der Waals surface area contributed by atoms with E-state index in [9.17, 15) is 9.59 Å². The van der Waals surface area contributed by atoms with Crippen molar-refractivity contribution in [2.45, 2.75) is 19.0 Å². The molecule has 0 unspecified atom stereocenters. The zero-order valence-electron chi connectivity index (χ0n) is 17.5. The molecule has 8 heteroatoms. The van der Waals surface area contributed by atoms with Gasteiger partial charge in [0.15, 0.2) is 16.7 Å². The summed E-state index contributed by atoms with van der Waals surface area (Å²) in [4.78, 5) is 30.2. The fourth-order valence-electron chi connectivity index (χ4n) is 2.90. The molecule has 3 rings (SSSR count). The number of amides is 1. The molecule has 1 N–H and O–H groups in total. The van der Waals surface area contributed by atoms with E-state index in [1.807, 2.05) is 19.9 Å². The van der Waals surface area contributed by atoms with Crippen LogP contribution in [0.1, 0.15) is 13.8 Å². The minimum Gasteiger partial charge on any atom is -0.493 e. The van der Waals surface area contributed by atoms with Crippen LogP contribution in [0.15, 0.2) is 52.4 Å². The average molecular weight is 428 g/mol. The van der Waals surface area contributed by atoms with E-state index in [4.69, 9.17) is 9.47 Å². The number of para-hydroxylation sites is 1. The van der Waals surface area contributed by atoms with Crippen LogP contribution in [0.4, 0.5) is 0 Å². The fraction of sp³-hybridized carbons (Fsp3) is 0.318. The lowest BCUT2D eigenvalue weighted by atomic mass is 10.2. The van der Waals surface area contributed by atoms with Crippen LogP contribution in [0.5, 0.6) is 11.5 Å². The van der Waals surface area contributed by atoms with E-state index in [2.05, 4.69) is 10.3 Å². The van der Waals surface area contributed by atoms with Gasteiger partial charge in [-0.15, -0.1) is 0 Å². The lowest BCUT2D eigenvalue weighted by molar-refractivity contribution is -0.118. The highest BCUT2D eigenvalue weighted by Crippen LogP contribution is 2.30. The quantitative estimate of drug-likeness (QED) is 0.439. The molecule has 1 amide bonds. The number of thioether (sulfide) groups is 1. The Morgan fingerprint density at radius 1 is 1.13 bits per heavy atom. The zero-order chi connectivity index (χ0) is 21.7. The van der Waals surface area contributed by atoms with Crippen molar-refractivity contribution in [3.63, 3.8) is 0 Å². The van der Waals surface area contributed by atoms with Crippen LogP contribution in [0.3, 0.4) is 0 Å². The minimum atomic E-state index is -0.210. The predicted molar refractivity (Wildman–Crippen MR) is 119 cm³/mol. The Morgan fingerprint density at radius 2 is 1.87 bits per heavy atom. The number of nitrogens with one attached hydrogen (secondary N) is 1. The molecule has 0 saturated heterocycles. The summed E-state index contributed by atoms with van der Waals surface area (Å²) < 4.78 is 12.2. The molecular formula is C22H25N3O4S. The van der Waals surface area contributed by atoms with Gasteiger partial charge in [-0.3, -0.25) is 14.2 Å². The third kappa shape index (κ3) is 4.76. The Labute approximate surface area is 179 Å². The second-order valence-electron chi connectivity index (χ2n) is 7.08. The van der Waals surface area contributed by atoms with E-state index >= 15 is 0 Å². The van der Waals surface area contributed by atoms with Crippen molar-refractivity contribution in [3.05, 3.63) is 52.8 Å². The molecule has 0 bridgehead atoms. The summed E-state index contributed by atoms with van der Waals surface area (Å²) in [6.07, 6.45) is 0. The molecule has 30 heavy (non-hydrogen) atoms. The standard InChI is InChI=1S/C22H25N3O4S/c1-14(2)12-23-20(26)13-30-22-24-17-8-6-5-7-16(17)21(27)25(22)15-9-10-18(28-3)19(11-15)29-4/h5-11,14H,12-13H2,1-4H3,(H,23,26). The van der Waals surface area contributed by atoms with Gasteiger partial charge < -0.3 is 14.8 Å². The Morgan fingerprint density at radius 3 is 2.57 bits per heavy atom. The summed E-state index contributed by atoms with van der Waals surface area (Å²) in [5, 5.41) is 3.82. The molecule has 158 valence electrons. The maximum Gasteiger partial charge on any atom is 0.266 e. The molecule has 1 heterocycles. The largest absolute Gasteiger partial charge is 0.493 e. The van der Waals surface area contributed by atoms with E-state index < -0.39 is 0 Å². The average Bonchev–Trinajstić information content (AvgIpc) is 2.75. The number of carbonyl (C=O) groups excluding carboxylic acids is 1. The maximum absolute atomic E-state index is 13.3. The molecular weight excluding hydrogens is 402 g/mol. The first-order valence-corrected chi connectivity index (χ1v) is 10.6. The van der Waals surface area contributed by atoms with Crippen molar-refractivity contribution < 1.29 is 14.3 Å². The molecule has 0 saturated carbocycles. The molecule has 2 aromatic carbocycles. The number of aromatic nitrogens is 2. The van der Waals surface area contributed by atoms with E-state index in [-0.39, 0.29) is 17.2 Å². The number of fused-ring (bicyclic) bond motifs is 1. The lowest BCUT2D eigenvalue weighted by Crippen LogP contribution is -2.29. The molecule has 0 aliphatic rings. The summed E-state index contributed by atoms with van der Waals surface area (Å²) in [7, 11) is 3.09. The third-order valence-corrected chi connectivity index (χ3v) is 5.35. The minimum absolute atomic E-state index is 0.102. The van der Waals surface area contributed by atoms with Gasteiger partial charge in [0, 0.05) is 12.6 Å². The first-order chi connectivity index (χ1) is 14.4. The second kappa shape index (κ2) is 9.67. The molecule has 0 fully saturated rings. The van der Waals surface area contributed by atoms with Crippen molar-refractivity contribution in [2.24, 2.45) is 5.92 Å². The highest BCUT2D eigenvalue weighted by atomic mass is 32.2.